The van der Waals surface area contributed by atoms with Gasteiger partial charge in [0.15, 0.2) is 6.29 Å². The van der Waals surface area contributed by atoms with Gasteiger partial charge in [-0.15, -0.1) is 0 Å². The number of anilines is 1. The smallest absolute Gasteiger partial charge is 0.152 e. The summed E-state index contributed by atoms with van der Waals surface area (Å²) in [6, 6.07) is 0. The van der Waals surface area contributed by atoms with Gasteiger partial charge in [-0.3, -0.25) is 9.78 Å². The molecule has 0 amide bonds. The first kappa shape index (κ1) is 16.7. The van der Waals surface area contributed by atoms with Crippen molar-refractivity contribution in [2.24, 2.45) is 0 Å². The Morgan fingerprint density at radius 2 is 1.45 bits per heavy atom. The Labute approximate surface area is 123 Å². The van der Waals surface area contributed by atoms with Crippen LogP contribution in [0, 0.1) is 0 Å². The lowest BCUT2D eigenvalue weighted by Gasteiger charge is -2.29. The molecule has 0 radical (unpaired) electrons. The minimum Gasteiger partial charge on any atom is -0.397 e. The van der Waals surface area contributed by atoms with E-state index in [1.807, 2.05) is 0 Å². The summed E-state index contributed by atoms with van der Waals surface area (Å²) in [7, 11) is 0. The van der Waals surface area contributed by atoms with Crippen molar-refractivity contribution in [2.75, 3.05) is 5.73 Å². The fourth-order valence-corrected chi connectivity index (χ4v) is 2.52. The number of nitrogens with two attached hydrogens (primary N) is 1. The van der Waals surface area contributed by atoms with Gasteiger partial charge in [0.2, 0.25) is 0 Å². The van der Waals surface area contributed by atoms with Gasteiger partial charge in [-0.25, -0.2) is 0 Å². The highest BCUT2D eigenvalue weighted by Crippen LogP contribution is 2.38. The van der Waals surface area contributed by atoms with E-state index in [0.717, 1.165) is 23.2 Å². The largest absolute Gasteiger partial charge is 0.397 e. The number of hydrogen-bond donors (Lipinski definition) is 1. The molecule has 0 bridgehead atoms. The number of rotatable bonds is 2. The molecule has 1 heterocycles. The molecule has 0 atom stereocenters. The topological polar surface area (TPSA) is 56.0 Å². The number of aldehydes is 1. The quantitative estimate of drug-likeness (QED) is 0.824. The molecule has 0 saturated heterocycles. The first-order valence-corrected chi connectivity index (χ1v) is 7.20. The Balaban J connectivity index is 3.88. The van der Waals surface area contributed by atoms with Crippen LogP contribution in [0.3, 0.4) is 0 Å². The maximum absolute atomic E-state index is 11.6. The monoisotopic (exact) mass is 276 g/mol. The molecule has 0 aliphatic carbocycles. The Morgan fingerprint density at radius 1 is 1.00 bits per heavy atom. The molecule has 3 nitrogen and oxygen atoms in total. The van der Waals surface area contributed by atoms with Crippen molar-refractivity contribution in [3.05, 3.63) is 22.5 Å². The molecule has 20 heavy (non-hydrogen) atoms. The van der Waals surface area contributed by atoms with Crippen LogP contribution in [0.1, 0.15) is 88.6 Å². The summed E-state index contributed by atoms with van der Waals surface area (Å²) < 4.78 is 0. The average molecular weight is 276 g/mol. The molecule has 3 heteroatoms. The van der Waals surface area contributed by atoms with Crippen molar-refractivity contribution in [1.29, 1.82) is 0 Å². The normalized spacial score (nSPS) is 12.8. The molecular weight excluding hydrogens is 248 g/mol. The van der Waals surface area contributed by atoms with Crippen molar-refractivity contribution in [1.82, 2.24) is 4.98 Å². The minimum atomic E-state index is -0.187. The summed E-state index contributed by atoms with van der Waals surface area (Å²) in [5.74, 6) is 0.195. The summed E-state index contributed by atoms with van der Waals surface area (Å²) in [5.41, 5.74) is 10.0. The predicted molar refractivity (Wildman–Crippen MR) is 85.5 cm³/mol. The van der Waals surface area contributed by atoms with E-state index >= 15 is 0 Å². The third-order valence-corrected chi connectivity index (χ3v) is 3.43. The molecule has 0 aliphatic heterocycles. The molecule has 1 aromatic rings. The second kappa shape index (κ2) is 5.19. The number of carbonyl (C=O) groups excluding carboxylic acids is 1. The third-order valence-electron chi connectivity index (χ3n) is 3.43. The third kappa shape index (κ3) is 3.02. The molecule has 1 aromatic heterocycles. The van der Waals surface area contributed by atoms with Crippen molar-refractivity contribution in [3.8, 4) is 0 Å². The van der Waals surface area contributed by atoms with Crippen LogP contribution in [0.5, 0.6) is 0 Å². The van der Waals surface area contributed by atoms with Gasteiger partial charge in [0.05, 0.1) is 17.1 Å². The van der Waals surface area contributed by atoms with Crippen LogP contribution >= 0.6 is 0 Å². The fourth-order valence-electron chi connectivity index (χ4n) is 2.52. The first-order valence-electron chi connectivity index (χ1n) is 7.20. The average Bonchev–Trinajstić information content (AvgIpc) is 2.23. The van der Waals surface area contributed by atoms with Crippen molar-refractivity contribution in [3.63, 3.8) is 0 Å². The lowest BCUT2D eigenvalue weighted by atomic mass is 9.80. The van der Waals surface area contributed by atoms with E-state index in [9.17, 15) is 4.79 Å². The lowest BCUT2D eigenvalue weighted by molar-refractivity contribution is 0.111. The van der Waals surface area contributed by atoms with Gasteiger partial charge in [-0.05, 0) is 11.5 Å². The number of nitrogen functional groups attached to an aromatic ring is 1. The second-order valence-electron chi connectivity index (χ2n) is 7.82. The van der Waals surface area contributed by atoms with Crippen LogP contribution in [-0.2, 0) is 10.8 Å². The number of carbonyl (C=O) groups is 1. The van der Waals surface area contributed by atoms with Gasteiger partial charge in [0, 0.05) is 16.4 Å². The second-order valence-corrected chi connectivity index (χ2v) is 7.82. The van der Waals surface area contributed by atoms with E-state index in [2.05, 4.69) is 55.4 Å². The van der Waals surface area contributed by atoms with Crippen LogP contribution in [0.15, 0.2) is 0 Å². The van der Waals surface area contributed by atoms with Crippen LogP contribution in [0.25, 0.3) is 0 Å². The molecule has 1 rings (SSSR count). The molecule has 112 valence electrons. The molecule has 0 unspecified atom stereocenters. The summed E-state index contributed by atoms with van der Waals surface area (Å²) in [6.07, 6.45) is 0.908. The molecule has 0 spiro atoms. The summed E-state index contributed by atoms with van der Waals surface area (Å²) in [5, 5.41) is 0. The molecule has 0 aromatic carbocycles. The van der Waals surface area contributed by atoms with Crippen LogP contribution < -0.4 is 5.73 Å². The van der Waals surface area contributed by atoms with Crippen LogP contribution in [-0.4, -0.2) is 11.3 Å². The van der Waals surface area contributed by atoms with Gasteiger partial charge >= 0.3 is 0 Å². The van der Waals surface area contributed by atoms with E-state index in [-0.39, 0.29) is 16.7 Å². The Bertz CT molecular complexity index is 517. The Hall–Kier alpha value is -1.38. The van der Waals surface area contributed by atoms with Crippen molar-refractivity contribution < 1.29 is 4.79 Å². The van der Waals surface area contributed by atoms with Gasteiger partial charge in [0.25, 0.3) is 0 Å². The summed E-state index contributed by atoms with van der Waals surface area (Å²) in [6.45, 7) is 16.7. The zero-order chi connectivity index (χ0) is 15.9. The van der Waals surface area contributed by atoms with E-state index < -0.39 is 0 Å². The maximum Gasteiger partial charge on any atom is 0.152 e. The highest BCUT2D eigenvalue weighted by atomic mass is 16.1. The molecular formula is C17H28N2O. The lowest BCUT2D eigenvalue weighted by Crippen LogP contribution is -2.26. The zero-order valence-electron chi connectivity index (χ0n) is 14.1. The zero-order valence-corrected chi connectivity index (χ0v) is 14.1. The standard InChI is InChI=1S/C17H28N2O/c1-10(2)12-11(9-20)14(16(3,4)5)19-15(13(12)18)17(6,7)8/h9-10H,18H2,1-8H3. The highest BCUT2D eigenvalue weighted by molar-refractivity contribution is 5.83. The van der Waals surface area contributed by atoms with Gasteiger partial charge in [-0.2, -0.15) is 0 Å². The van der Waals surface area contributed by atoms with Crippen molar-refractivity contribution in [2.45, 2.75) is 72.1 Å². The van der Waals surface area contributed by atoms with E-state index in [1.165, 1.54) is 0 Å². The molecule has 0 saturated carbocycles. The Kier molecular flexibility index (Phi) is 4.33. The van der Waals surface area contributed by atoms with Crippen molar-refractivity contribution >= 4 is 12.0 Å². The number of aromatic nitrogens is 1. The van der Waals surface area contributed by atoms with Gasteiger partial charge in [-0.1, -0.05) is 55.4 Å². The minimum absolute atomic E-state index is 0.144. The van der Waals surface area contributed by atoms with E-state index in [4.69, 9.17) is 10.7 Å². The first-order chi connectivity index (χ1) is 8.91. The summed E-state index contributed by atoms with van der Waals surface area (Å²) >= 11 is 0. The van der Waals surface area contributed by atoms with Crippen LogP contribution in [0.2, 0.25) is 0 Å². The number of hydrogen-bond acceptors (Lipinski definition) is 3. The van der Waals surface area contributed by atoms with Gasteiger partial charge < -0.3 is 5.73 Å². The van der Waals surface area contributed by atoms with Crippen LogP contribution in [0.4, 0.5) is 5.69 Å². The maximum atomic E-state index is 11.6. The molecule has 0 fully saturated rings. The number of pyridine rings is 1. The SMILES string of the molecule is CC(C)c1c(N)c(C(C)(C)C)nc(C(C)(C)C)c1C=O. The predicted octanol–water partition coefficient (Wildman–Crippen LogP) is 4.19. The highest BCUT2D eigenvalue weighted by Gasteiger charge is 2.30. The summed E-state index contributed by atoms with van der Waals surface area (Å²) in [4.78, 5) is 16.4. The molecule has 2 N–H and O–H groups in total. The Morgan fingerprint density at radius 3 is 1.75 bits per heavy atom. The van der Waals surface area contributed by atoms with E-state index in [1.54, 1.807) is 0 Å². The number of nitrogens with zero attached hydrogens (tertiary/aromatic N) is 1. The van der Waals surface area contributed by atoms with E-state index in [0.29, 0.717) is 11.3 Å². The fraction of sp³-hybridized carbons (Fsp3) is 0.647. The van der Waals surface area contributed by atoms with Gasteiger partial charge in [0.1, 0.15) is 0 Å². The molecule has 0 aliphatic rings.